The Morgan fingerprint density at radius 1 is 1.35 bits per heavy atom. The van der Waals surface area contributed by atoms with E-state index in [-0.39, 0.29) is 18.3 Å². The number of hydrogen-bond donors (Lipinski definition) is 1. The van der Waals surface area contributed by atoms with Crippen molar-refractivity contribution in [3.63, 3.8) is 0 Å². The highest BCUT2D eigenvalue weighted by Crippen LogP contribution is 2.27. The number of nitrogens with zero attached hydrogens (tertiary/aromatic N) is 3. The van der Waals surface area contributed by atoms with Crippen LogP contribution in [0.1, 0.15) is 25.1 Å². The van der Waals surface area contributed by atoms with Gasteiger partial charge in [-0.15, -0.1) is 10.2 Å². The van der Waals surface area contributed by atoms with Crippen LogP contribution in [0.4, 0.5) is 10.1 Å². The SMILES string of the molecule is COCC(=O)Nc1ccc(F)c(-c2nnc3n2CCCCC3)c1. The highest BCUT2D eigenvalue weighted by molar-refractivity contribution is 5.92. The molecule has 1 aliphatic heterocycles. The molecular weight excluding hydrogens is 299 g/mol. The monoisotopic (exact) mass is 318 g/mol. The lowest BCUT2D eigenvalue weighted by Crippen LogP contribution is -2.17. The van der Waals surface area contributed by atoms with Gasteiger partial charge in [-0.3, -0.25) is 4.79 Å². The molecule has 0 atom stereocenters. The smallest absolute Gasteiger partial charge is 0.250 e. The van der Waals surface area contributed by atoms with Crippen molar-refractivity contribution < 1.29 is 13.9 Å². The third kappa shape index (κ3) is 3.39. The number of halogens is 1. The van der Waals surface area contributed by atoms with Crippen molar-refractivity contribution in [1.29, 1.82) is 0 Å². The molecule has 122 valence electrons. The minimum Gasteiger partial charge on any atom is -0.375 e. The fourth-order valence-electron chi connectivity index (χ4n) is 2.79. The lowest BCUT2D eigenvalue weighted by atomic mass is 10.1. The molecule has 0 bridgehead atoms. The van der Waals surface area contributed by atoms with Crippen molar-refractivity contribution in [3.05, 3.63) is 29.8 Å². The summed E-state index contributed by atoms with van der Waals surface area (Å²) < 4.78 is 21.0. The number of nitrogens with one attached hydrogen (secondary N) is 1. The van der Waals surface area contributed by atoms with E-state index in [2.05, 4.69) is 15.5 Å². The molecule has 2 aromatic rings. The number of anilines is 1. The molecule has 1 amide bonds. The average Bonchev–Trinajstić information content (AvgIpc) is 2.78. The second kappa shape index (κ2) is 6.87. The van der Waals surface area contributed by atoms with Gasteiger partial charge in [0.05, 0.1) is 5.56 Å². The van der Waals surface area contributed by atoms with E-state index in [4.69, 9.17) is 4.74 Å². The van der Waals surface area contributed by atoms with Gasteiger partial charge in [0.2, 0.25) is 5.91 Å². The Bertz CT molecular complexity index is 714. The van der Waals surface area contributed by atoms with E-state index >= 15 is 0 Å². The fraction of sp³-hybridized carbons (Fsp3) is 0.438. The largest absolute Gasteiger partial charge is 0.375 e. The Morgan fingerprint density at radius 3 is 3.04 bits per heavy atom. The van der Waals surface area contributed by atoms with Gasteiger partial charge in [-0.05, 0) is 31.0 Å². The Kier molecular flexibility index (Phi) is 4.66. The molecule has 0 radical (unpaired) electrons. The van der Waals surface area contributed by atoms with Crippen LogP contribution in [0.3, 0.4) is 0 Å². The molecular formula is C16H19FN4O2. The van der Waals surface area contributed by atoms with E-state index < -0.39 is 0 Å². The van der Waals surface area contributed by atoms with Crippen molar-refractivity contribution in [2.45, 2.75) is 32.2 Å². The zero-order valence-corrected chi connectivity index (χ0v) is 13.0. The maximum absolute atomic E-state index is 14.3. The fourth-order valence-corrected chi connectivity index (χ4v) is 2.79. The number of carbonyl (C=O) groups is 1. The predicted molar refractivity (Wildman–Crippen MR) is 83.5 cm³/mol. The molecule has 1 aliphatic rings. The van der Waals surface area contributed by atoms with E-state index in [0.717, 1.165) is 38.1 Å². The first-order valence-electron chi connectivity index (χ1n) is 7.70. The number of amides is 1. The lowest BCUT2D eigenvalue weighted by molar-refractivity contribution is -0.119. The zero-order valence-electron chi connectivity index (χ0n) is 13.0. The van der Waals surface area contributed by atoms with Gasteiger partial charge in [-0.1, -0.05) is 6.42 Å². The minimum absolute atomic E-state index is 0.0486. The molecule has 2 heterocycles. The number of aromatic nitrogens is 3. The first-order valence-corrected chi connectivity index (χ1v) is 7.70. The van der Waals surface area contributed by atoms with Crippen LogP contribution in [0.25, 0.3) is 11.4 Å². The maximum Gasteiger partial charge on any atom is 0.250 e. The number of methoxy groups -OCH3 is 1. The van der Waals surface area contributed by atoms with Gasteiger partial charge in [-0.25, -0.2) is 4.39 Å². The molecule has 3 rings (SSSR count). The topological polar surface area (TPSA) is 69.0 Å². The Hall–Kier alpha value is -2.28. The second-order valence-electron chi connectivity index (χ2n) is 5.58. The summed E-state index contributed by atoms with van der Waals surface area (Å²) in [7, 11) is 1.45. The third-order valence-corrected chi connectivity index (χ3v) is 3.88. The van der Waals surface area contributed by atoms with Gasteiger partial charge >= 0.3 is 0 Å². The van der Waals surface area contributed by atoms with Gasteiger partial charge in [0.25, 0.3) is 0 Å². The first kappa shape index (κ1) is 15.6. The summed E-state index contributed by atoms with van der Waals surface area (Å²) >= 11 is 0. The van der Waals surface area contributed by atoms with Crippen LogP contribution in [0.15, 0.2) is 18.2 Å². The van der Waals surface area contributed by atoms with Gasteiger partial charge in [-0.2, -0.15) is 0 Å². The summed E-state index contributed by atoms with van der Waals surface area (Å²) in [5.74, 6) is 0.743. The second-order valence-corrected chi connectivity index (χ2v) is 5.58. The summed E-state index contributed by atoms with van der Waals surface area (Å²) in [5, 5.41) is 11.0. The third-order valence-electron chi connectivity index (χ3n) is 3.88. The number of ether oxygens (including phenoxy) is 1. The van der Waals surface area contributed by atoms with Crippen LogP contribution in [-0.4, -0.2) is 34.4 Å². The van der Waals surface area contributed by atoms with Crippen LogP contribution in [0.5, 0.6) is 0 Å². The Morgan fingerprint density at radius 2 is 2.22 bits per heavy atom. The lowest BCUT2D eigenvalue weighted by Gasteiger charge is -2.10. The van der Waals surface area contributed by atoms with Crippen molar-refractivity contribution >= 4 is 11.6 Å². The molecule has 7 heteroatoms. The van der Waals surface area contributed by atoms with Gasteiger partial charge < -0.3 is 14.6 Å². The Balaban J connectivity index is 1.93. The van der Waals surface area contributed by atoms with Crippen LogP contribution in [0, 0.1) is 5.82 Å². The van der Waals surface area contributed by atoms with Gasteiger partial charge in [0, 0.05) is 25.8 Å². The molecule has 23 heavy (non-hydrogen) atoms. The number of fused-ring (bicyclic) bond motifs is 1. The van der Waals surface area contributed by atoms with E-state index in [1.807, 2.05) is 4.57 Å². The van der Waals surface area contributed by atoms with Crippen molar-refractivity contribution in [1.82, 2.24) is 14.8 Å². The molecule has 1 aromatic carbocycles. The number of rotatable bonds is 4. The molecule has 6 nitrogen and oxygen atoms in total. The van der Waals surface area contributed by atoms with E-state index in [1.165, 1.54) is 19.2 Å². The highest BCUT2D eigenvalue weighted by Gasteiger charge is 2.19. The van der Waals surface area contributed by atoms with Crippen molar-refractivity contribution in [2.75, 3.05) is 19.0 Å². The van der Waals surface area contributed by atoms with Crippen LogP contribution < -0.4 is 5.32 Å². The van der Waals surface area contributed by atoms with E-state index in [9.17, 15) is 9.18 Å². The summed E-state index contributed by atoms with van der Waals surface area (Å²) in [6.07, 6.45) is 4.11. The predicted octanol–water partition coefficient (Wildman–Crippen LogP) is 2.40. The summed E-state index contributed by atoms with van der Waals surface area (Å²) in [6, 6.07) is 4.44. The number of aryl methyl sites for hydroxylation is 1. The molecule has 0 aliphatic carbocycles. The van der Waals surface area contributed by atoms with Crippen LogP contribution in [0.2, 0.25) is 0 Å². The highest BCUT2D eigenvalue weighted by atomic mass is 19.1. The van der Waals surface area contributed by atoms with Crippen LogP contribution in [-0.2, 0) is 22.5 Å². The maximum atomic E-state index is 14.3. The average molecular weight is 318 g/mol. The number of benzene rings is 1. The van der Waals surface area contributed by atoms with Crippen molar-refractivity contribution in [3.8, 4) is 11.4 Å². The standard InChI is InChI=1S/C16H19FN4O2/c1-23-10-15(22)18-11-6-7-13(17)12(9-11)16-20-19-14-5-3-2-4-8-21(14)16/h6-7,9H,2-5,8,10H2,1H3,(H,18,22). The zero-order chi connectivity index (χ0) is 16.2. The summed E-state index contributed by atoms with van der Waals surface area (Å²) in [4.78, 5) is 11.6. The molecule has 0 unspecified atom stereocenters. The Labute approximate surface area is 133 Å². The van der Waals surface area contributed by atoms with E-state index in [1.54, 1.807) is 6.07 Å². The number of carbonyl (C=O) groups excluding carboxylic acids is 1. The molecule has 1 aromatic heterocycles. The number of hydrogen-bond acceptors (Lipinski definition) is 4. The minimum atomic E-state index is -0.380. The molecule has 0 spiro atoms. The summed E-state index contributed by atoms with van der Waals surface area (Å²) in [5.41, 5.74) is 0.857. The van der Waals surface area contributed by atoms with Gasteiger partial charge in [0.15, 0.2) is 5.82 Å². The molecule has 1 N–H and O–H groups in total. The van der Waals surface area contributed by atoms with Crippen LogP contribution >= 0.6 is 0 Å². The molecule has 0 saturated heterocycles. The van der Waals surface area contributed by atoms with Gasteiger partial charge in [0.1, 0.15) is 18.2 Å². The van der Waals surface area contributed by atoms with E-state index in [0.29, 0.717) is 17.1 Å². The van der Waals surface area contributed by atoms with Crippen molar-refractivity contribution in [2.24, 2.45) is 0 Å². The quantitative estimate of drug-likeness (QED) is 0.940. The first-order chi connectivity index (χ1) is 11.2. The molecule has 0 saturated carbocycles. The molecule has 0 fully saturated rings. The summed E-state index contributed by atoms with van der Waals surface area (Å²) in [6.45, 7) is 0.740. The normalized spacial score (nSPS) is 14.2.